The van der Waals surface area contributed by atoms with E-state index in [9.17, 15) is 0 Å². The number of hydrogen-bond acceptors (Lipinski definition) is 2. The van der Waals surface area contributed by atoms with E-state index < -0.39 is 0 Å². The Morgan fingerprint density at radius 2 is 1.85 bits per heavy atom. The molecule has 98 valence electrons. The number of aromatic nitrogens is 4. The lowest BCUT2D eigenvalue weighted by Gasteiger charge is -2.03. The van der Waals surface area contributed by atoms with Crippen molar-refractivity contribution >= 4 is 22.1 Å². The summed E-state index contributed by atoms with van der Waals surface area (Å²) in [6, 6.07) is 6.34. The van der Waals surface area contributed by atoms with Crippen LogP contribution in [0.4, 0.5) is 0 Å². The molecule has 0 saturated heterocycles. The maximum Gasteiger partial charge on any atom is 0.137 e. The molecule has 0 aliphatic rings. The van der Waals surface area contributed by atoms with Crippen LogP contribution in [-0.4, -0.2) is 19.9 Å². The fourth-order valence-corrected chi connectivity index (χ4v) is 2.68. The van der Waals surface area contributed by atoms with Crippen molar-refractivity contribution in [3.05, 3.63) is 47.9 Å². The van der Waals surface area contributed by atoms with Gasteiger partial charge in [-0.15, -0.1) is 0 Å². The highest BCUT2D eigenvalue weighted by Crippen LogP contribution is 2.29. The van der Waals surface area contributed by atoms with E-state index in [0.29, 0.717) is 0 Å². The van der Waals surface area contributed by atoms with E-state index in [-0.39, 0.29) is 0 Å². The molecule has 0 atom stereocenters. The number of fused-ring (bicyclic) bond motifs is 2. The number of hydrogen-bond donors (Lipinski definition) is 2. The van der Waals surface area contributed by atoms with Crippen LogP contribution in [0, 0.1) is 13.8 Å². The number of nitrogens with zero attached hydrogens (tertiary/aromatic N) is 2. The maximum absolute atomic E-state index is 4.47. The van der Waals surface area contributed by atoms with Crippen molar-refractivity contribution in [2.45, 2.75) is 13.8 Å². The number of aryl methyl sites for hydroxylation is 2. The number of aromatic amines is 2. The molecular formula is C16H14N4. The fourth-order valence-electron chi connectivity index (χ4n) is 2.68. The van der Waals surface area contributed by atoms with Crippen molar-refractivity contribution in [2.75, 3.05) is 0 Å². The van der Waals surface area contributed by atoms with Crippen molar-refractivity contribution in [2.24, 2.45) is 0 Å². The monoisotopic (exact) mass is 262 g/mol. The van der Waals surface area contributed by atoms with E-state index in [1.165, 1.54) is 11.1 Å². The molecule has 0 unspecified atom stereocenters. The van der Waals surface area contributed by atoms with Crippen LogP contribution in [0.15, 0.2) is 36.8 Å². The van der Waals surface area contributed by atoms with Crippen LogP contribution < -0.4 is 0 Å². The minimum atomic E-state index is 0.916. The van der Waals surface area contributed by atoms with E-state index in [0.717, 1.165) is 33.3 Å². The molecule has 0 fully saturated rings. The molecule has 4 heteroatoms. The first-order valence-corrected chi connectivity index (χ1v) is 6.61. The Kier molecular flexibility index (Phi) is 2.21. The summed E-state index contributed by atoms with van der Waals surface area (Å²) in [6.45, 7) is 4.18. The Bertz CT molecular complexity index is 930. The van der Waals surface area contributed by atoms with Gasteiger partial charge in [-0.25, -0.2) is 9.97 Å². The quantitative estimate of drug-likeness (QED) is 0.549. The Balaban J connectivity index is 1.98. The SMILES string of the molecule is Cc1cnc2[nH]c(-c3cnc4[nH]ccc4c3C)cc2c1. The molecule has 0 saturated carbocycles. The molecular weight excluding hydrogens is 248 g/mol. The van der Waals surface area contributed by atoms with Crippen molar-refractivity contribution in [1.29, 1.82) is 0 Å². The fraction of sp³-hybridized carbons (Fsp3) is 0.125. The Morgan fingerprint density at radius 1 is 1.00 bits per heavy atom. The highest BCUT2D eigenvalue weighted by molar-refractivity contribution is 5.89. The predicted molar refractivity (Wildman–Crippen MR) is 80.7 cm³/mol. The van der Waals surface area contributed by atoms with Crippen molar-refractivity contribution in [3.63, 3.8) is 0 Å². The third-order valence-electron chi connectivity index (χ3n) is 3.75. The lowest BCUT2D eigenvalue weighted by molar-refractivity contribution is 1.27. The molecule has 0 radical (unpaired) electrons. The molecule has 2 N–H and O–H groups in total. The molecule has 4 aromatic heterocycles. The normalized spacial score (nSPS) is 11.5. The lowest BCUT2D eigenvalue weighted by Crippen LogP contribution is -1.87. The summed E-state index contributed by atoms with van der Waals surface area (Å²) in [5.74, 6) is 0. The number of pyridine rings is 2. The zero-order valence-corrected chi connectivity index (χ0v) is 11.4. The van der Waals surface area contributed by atoms with Gasteiger partial charge >= 0.3 is 0 Å². The highest BCUT2D eigenvalue weighted by atomic mass is 14.9. The van der Waals surface area contributed by atoms with Crippen LogP contribution in [0.5, 0.6) is 0 Å². The Labute approximate surface area is 115 Å². The smallest absolute Gasteiger partial charge is 0.137 e. The summed E-state index contributed by atoms with van der Waals surface area (Å²) in [5.41, 5.74) is 6.41. The molecule has 0 aliphatic heterocycles. The van der Waals surface area contributed by atoms with Gasteiger partial charge < -0.3 is 9.97 Å². The molecule has 4 nitrogen and oxygen atoms in total. The van der Waals surface area contributed by atoms with Gasteiger partial charge in [0.05, 0.1) is 0 Å². The standard InChI is InChI=1S/C16H14N4/c1-9-5-11-6-14(20-15(11)18-7-9)13-8-19-16-12(10(13)2)3-4-17-16/h3-8H,1-2H3,(H,17,19)(H,18,20). The van der Waals surface area contributed by atoms with Gasteiger partial charge in [0.25, 0.3) is 0 Å². The molecule has 4 aromatic rings. The van der Waals surface area contributed by atoms with Crippen molar-refractivity contribution in [3.8, 4) is 11.3 Å². The van der Waals surface area contributed by atoms with Gasteiger partial charge in [0.1, 0.15) is 11.3 Å². The van der Waals surface area contributed by atoms with E-state index in [1.54, 1.807) is 0 Å². The number of rotatable bonds is 1. The Hall–Kier alpha value is -2.62. The third-order valence-corrected chi connectivity index (χ3v) is 3.75. The molecule has 0 aromatic carbocycles. The van der Waals surface area contributed by atoms with E-state index in [2.05, 4.69) is 52.0 Å². The lowest BCUT2D eigenvalue weighted by atomic mass is 10.1. The van der Waals surface area contributed by atoms with Crippen LogP contribution in [0.1, 0.15) is 11.1 Å². The van der Waals surface area contributed by atoms with Crippen molar-refractivity contribution in [1.82, 2.24) is 19.9 Å². The number of H-pyrrole nitrogens is 2. The van der Waals surface area contributed by atoms with Gasteiger partial charge in [-0.3, -0.25) is 0 Å². The molecule has 0 amide bonds. The zero-order chi connectivity index (χ0) is 13.7. The maximum atomic E-state index is 4.47. The molecule has 4 heterocycles. The first kappa shape index (κ1) is 11.2. The van der Waals surface area contributed by atoms with Gasteiger partial charge in [0.2, 0.25) is 0 Å². The molecule has 0 bridgehead atoms. The number of nitrogens with one attached hydrogen (secondary N) is 2. The van der Waals surface area contributed by atoms with Gasteiger partial charge in [0, 0.05) is 40.6 Å². The average molecular weight is 262 g/mol. The summed E-state index contributed by atoms with van der Waals surface area (Å²) in [7, 11) is 0. The minimum absolute atomic E-state index is 0.916. The summed E-state index contributed by atoms with van der Waals surface area (Å²) < 4.78 is 0. The van der Waals surface area contributed by atoms with Crippen LogP contribution >= 0.6 is 0 Å². The second kappa shape index (κ2) is 3.93. The van der Waals surface area contributed by atoms with Crippen LogP contribution in [-0.2, 0) is 0 Å². The second-order valence-electron chi connectivity index (χ2n) is 5.17. The third kappa shape index (κ3) is 1.54. The first-order chi connectivity index (χ1) is 9.72. The molecule has 0 spiro atoms. The van der Waals surface area contributed by atoms with Gasteiger partial charge in [-0.2, -0.15) is 0 Å². The summed E-state index contributed by atoms with van der Waals surface area (Å²) >= 11 is 0. The highest BCUT2D eigenvalue weighted by Gasteiger charge is 2.10. The summed E-state index contributed by atoms with van der Waals surface area (Å²) in [6.07, 6.45) is 5.71. The van der Waals surface area contributed by atoms with Crippen LogP contribution in [0.3, 0.4) is 0 Å². The van der Waals surface area contributed by atoms with Crippen molar-refractivity contribution < 1.29 is 0 Å². The first-order valence-electron chi connectivity index (χ1n) is 6.61. The van der Waals surface area contributed by atoms with Crippen LogP contribution in [0.25, 0.3) is 33.3 Å². The second-order valence-corrected chi connectivity index (χ2v) is 5.17. The Morgan fingerprint density at radius 3 is 2.75 bits per heavy atom. The van der Waals surface area contributed by atoms with E-state index in [1.807, 2.05) is 18.6 Å². The van der Waals surface area contributed by atoms with E-state index >= 15 is 0 Å². The minimum Gasteiger partial charge on any atom is -0.346 e. The average Bonchev–Trinajstić information content (AvgIpc) is 3.04. The summed E-state index contributed by atoms with van der Waals surface area (Å²) in [4.78, 5) is 15.4. The van der Waals surface area contributed by atoms with Gasteiger partial charge in [-0.05, 0) is 43.2 Å². The summed E-state index contributed by atoms with van der Waals surface area (Å²) in [5, 5.41) is 2.29. The van der Waals surface area contributed by atoms with Crippen LogP contribution in [0.2, 0.25) is 0 Å². The zero-order valence-electron chi connectivity index (χ0n) is 11.4. The molecule has 20 heavy (non-hydrogen) atoms. The molecule has 0 aliphatic carbocycles. The molecule has 4 rings (SSSR count). The largest absolute Gasteiger partial charge is 0.346 e. The van der Waals surface area contributed by atoms with Gasteiger partial charge in [-0.1, -0.05) is 0 Å². The van der Waals surface area contributed by atoms with Gasteiger partial charge in [0.15, 0.2) is 0 Å². The van der Waals surface area contributed by atoms with E-state index in [4.69, 9.17) is 0 Å². The topological polar surface area (TPSA) is 57.4 Å². The predicted octanol–water partition coefficient (Wildman–Crippen LogP) is 3.72.